The molecule has 0 radical (unpaired) electrons. The standard InChI is InChI=1S/C12H13NO3/c14-11(5-6-12(15)16)9-7-13-10-4-2-1-3-8(9)10/h1-4,9,13H,5-7H2,(H,15,16)/p-1/t9-/m0/s1. The Bertz CT molecular complexity index is 428. The average Bonchev–Trinajstić information content (AvgIpc) is 2.69. The molecule has 0 aliphatic carbocycles. The fourth-order valence-electron chi connectivity index (χ4n) is 1.97. The predicted octanol–water partition coefficient (Wildman–Crippen LogP) is 0.295. The minimum absolute atomic E-state index is 0.0401. The predicted molar refractivity (Wildman–Crippen MR) is 56.9 cm³/mol. The number of carboxylic acids is 1. The van der Waals surface area contributed by atoms with E-state index in [4.69, 9.17) is 0 Å². The molecule has 4 heteroatoms. The molecule has 16 heavy (non-hydrogen) atoms. The number of carbonyl (C=O) groups excluding carboxylic acids is 2. The van der Waals surface area contributed by atoms with Crippen LogP contribution in [-0.4, -0.2) is 18.3 Å². The minimum Gasteiger partial charge on any atom is -0.550 e. The second-order valence-corrected chi connectivity index (χ2v) is 3.86. The normalized spacial score (nSPS) is 17.6. The molecule has 0 saturated carbocycles. The molecule has 2 rings (SSSR count). The van der Waals surface area contributed by atoms with E-state index in [-0.39, 0.29) is 24.5 Å². The highest BCUT2D eigenvalue weighted by atomic mass is 16.4. The van der Waals surface area contributed by atoms with Crippen molar-refractivity contribution >= 4 is 17.4 Å². The Balaban J connectivity index is 2.07. The van der Waals surface area contributed by atoms with Gasteiger partial charge in [0.2, 0.25) is 0 Å². The smallest absolute Gasteiger partial charge is 0.142 e. The van der Waals surface area contributed by atoms with Crippen LogP contribution in [0.4, 0.5) is 5.69 Å². The first kappa shape index (κ1) is 10.7. The van der Waals surface area contributed by atoms with Crippen LogP contribution in [0.5, 0.6) is 0 Å². The molecule has 84 valence electrons. The van der Waals surface area contributed by atoms with Crippen LogP contribution in [-0.2, 0) is 9.59 Å². The summed E-state index contributed by atoms with van der Waals surface area (Å²) >= 11 is 0. The highest BCUT2D eigenvalue weighted by Crippen LogP contribution is 2.32. The van der Waals surface area contributed by atoms with Crippen LogP contribution >= 0.6 is 0 Å². The molecule has 0 unspecified atom stereocenters. The van der Waals surface area contributed by atoms with Crippen LogP contribution in [0.15, 0.2) is 24.3 Å². The maximum absolute atomic E-state index is 11.8. The monoisotopic (exact) mass is 218 g/mol. The van der Waals surface area contributed by atoms with Crippen molar-refractivity contribution in [2.45, 2.75) is 18.8 Å². The summed E-state index contributed by atoms with van der Waals surface area (Å²) in [6, 6.07) is 7.60. The first-order chi connectivity index (χ1) is 7.68. The number of hydrogen-bond donors (Lipinski definition) is 1. The molecule has 0 bridgehead atoms. The van der Waals surface area contributed by atoms with Crippen molar-refractivity contribution in [3.05, 3.63) is 29.8 Å². The van der Waals surface area contributed by atoms with Crippen LogP contribution in [0.3, 0.4) is 0 Å². The van der Waals surface area contributed by atoms with Gasteiger partial charge in [-0.25, -0.2) is 0 Å². The molecule has 1 aliphatic rings. The van der Waals surface area contributed by atoms with E-state index in [0.29, 0.717) is 6.54 Å². The number of fused-ring (bicyclic) bond motifs is 1. The van der Waals surface area contributed by atoms with Crippen molar-refractivity contribution in [1.82, 2.24) is 0 Å². The average molecular weight is 218 g/mol. The third-order valence-electron chi connectivity index (χ3n) is 2.80. The quantitative estimate of drug-likeness (QED) is 0.788. The van der Waals surface area contributed by atoms with Gasteiger partial charge in [-0.2, -0.15) is 0 Å². The number of carboxylic acid groups (broad SMARTS) is 1. The number of aliphatic carboxylic acids is 1. The zero-order valence-electron chi connectivity index (χ0n) is 8.73. The van der Waals surface area contributed by atoms with Gasteiger partial charge < -0.3 is 15.2 Å². The van der Waals surface area contributed by atoms with Crippen LogP contribution in [0.25, 0.3) is 0 Å². The Morgan fingerprint density at radius 3 is 2.81 bits per heavy atom. The number of rotatable bonds is 4. The molecule has 0 saturated heterocycles. The van der Waals surface area contributed by atoms with Gasteiger partial charge in [0, 0.05) is 24.6 Å². The molecule has 4 nitrogen and oxygen atoms in total. The molecule has 1 aromatic rings. The summed E-state index contributed by atoms with van der Waals surface area (Å²) < 4.78 is 0. The third kappa shape index (κ3) is 2.05. The van der Waals surface area contributed by atoms with Crippen molar-refractivity contribution in [3.63, 3.8) is 0 Å². The number of ketones is 1. The molecule has 1 atom stereocenters. The molecule has 1 aromatic carbocycles. The van der Waals surface area contributed by atoms with Crippen LogP contribution in [0.2, 0.25) is 0 Å². The van der Waals surface area contributed by atoms with Crippen molar-refractivity contribution in [2.24, 2.45) is 0 Å². The maximum Gasteiger partial charge on any atom is 0.142 e. The molecule has 0 fully saturated rings. The zero-order valence-corrected chi connectivity index (χ0v) is 8.73. The second kappa shape index (κ2) is 4.35. The van der Waals surface area contributed by atoms with Gasteiger partial charge in [-0.05, 0) is 18.1 Å². The molecular formula is C12H12NO3-. The topological polar surface area (TPSA) is 69.2 Å². The Morgan fingerprint density at radius 1 is 1.31 bits per heavy atom. The van der Waals surface area contributed by atoms with E-state index in [1.165, 1.54) is 0 Å². The highest BCUT2D eigenvalue weighted by Gasteiger charge is 2.27. The SMILES string of the molecule is O=C([O-])CCC(=O)[C@H]1CNc2ccccc21. The number of nitrogens with one attached hydrogen (secondary N) is 1. The minimum atomic E-state index is -1.17. The number of benzene rings is 1. The van der Waals surface area contributed by atoms with Crippen LogP contribution in [0.1, 0.15) is 24.3 Å². The van der Waals surface area contributed by atoms with E-state index in [1.807, 2.05) is 24.3 Å². The molecular weight excluding hydrogens is 206 g/mol. The Labute approximate surface area is 93.3 Å². The number of hydrogen-bond acceptors (Lipinski definition) is 4. The van der Waals surface area contributed by atoms with Gasteiger partial charge in [0.05, 0.1) is 5.92 Å². The summed E-state index contributed by atoms with van der Waals surface area (Å²) in [5, 5.41) is 13.4. The number of carbonyl (C=O) groups is 2. The maximum atomic E-state index is 11.8. The summed E-state index contributed by atoms with van der Waals surface area (Å²) in [7, 11) is 0. The molecule has 0 aromatic heterocycles. The van der Waals surface area contributed by atoms with E-state index in [0.717, 1.165) is 11.3 Å². The van der Waals surface area contributed by atoms with Gasteiger partial charge in [0.1, 0.15) is 5.78 Å². The molecule has 1 N–H and O–H groups in total. The highest BCUT2D eigenvalue weighted by molar-refractivity contribution is 5.91. The van der Waals surface area contributed by atoms with Gasteiger partial charge in [0.15, 0.2) is 0 Å². The van der Waals surface area contributed by atoms with E-state index in [9.17, 15) is 14.7 Å². The fraction of sp³-hybridized carbons (Fsp3) is 0.333. The summed E-state index contributed by atoms with van der Waals surface area (Å²) in [6.07, 6.45) is -0.152. The lowest BCUT2D eigenvalue weighted by Gasteiger charge is -2.09. The molecule has 0 amide bonds. The van der Waals surface area contributed by atoms with Gasteiger partial charge in [-0.15, -0.1) is 0 Å². The van der Waals surface area contributed by atoms with Gasteiger partial charge in [0.25, 0.3) is 0 Å². The molecule has 1 aliphatic heterocycles. The van der Waals surface area contributed by atoms with Gasteiger partial charge >= 0.3 is 0 Å². The first-order valence-corrected chi connectivity index (χ1v) is 5.24. The number of para-hydroxylation sites is 1. The first-order valence-electron chi connectivity index (χ1n) is 5.24. The largest absolute Gasteiger partial charge is 0.550 e. The van der Waals surface area contributed by atoms with Crippen molar-refractivity contribution < 1.29 is 14.7 Å². The Hall–Kier alpha value is -1.84. The van der Waals surface area contributed by atoms with Crippen LogP contribution in [0, 0.1) is 0 Å². The molecule has 0 spiro atoms. The lowest BCUT2D eigenvalue weighted by Crippen LogP contribution is -2.24. The van der Waals surface area contributed by atoms with Crippen molar-refractivity contribution in [2.75, 3.05) is 11.9 Å². The molecule has 1 heterocycles. The summed E-state index contributed by atoms with van der Waals surface area (Å²) in [5.41, 5.74) is 1.93. The Morgan fingerprint density at radius 2 is 2.06 bits per heavy atom. The van der Waals surface area contributed by atoms with E-state index >= 15 is 0 Å². The summed E-state index contributed by atoms with van der Waals surface area (Å²) in [5.74, 6) is -1.43. The van der Waals surface area contributed by atoms with Crippen molar-refractivity contribution in [3.8, 4) is 0 Å². The Kier molecular flexibility index (Phi) is 2.90. The summed E-state index contributed by atoms with van der Waals surface area (Å²) in [6.45, 7) is 0.561. The third-order valence-corrected chi connectivity index (χ3v) is 2.80. The van der Waals surface area contributed by atoms with Gasteiger partial charge in [-0.1, -0.05) is 18.2 Å². The summed E-state index contributed by atoms with van der Waals surface area (Å²) in [4.78, 5) is 22.1. The fourth-order valence-corrected chi connectivity index (χ4v) is 1.97. The zero-order chi connectivity index (χ0) is 11.5. The van der Waals surface area contributed by atoms with Crippen LogP contribution < -0.4 is 10.4 Å². The van der Waals surface area contributed by atoms with Crippen molar-refractivity contribution in [1.29, 1.82) is 0 Å². The second-order valence-electron chi connectivity index (χ2n) is 3.86. The number of Topliss-reactive ketones (excluding diaryl/α,β-unsaturated/α-hetero) is 1. The van der Waals surface area contributed by atoms with E-state index in [1.54, 1.807) is 0 Å². The van der Waals surface area contributed by atoms with E-state index < -0.39 is 5.97 Å². The lowest BCUT2D eigenvalue weighted by atomic mass is 9.94. The lowest BCUT2D eigenvalue weighted by molar-refractivity contribution is -0.305. The number of anilines is 1. The van der Waals surface area contributed by atoms with E-state index in [2.05, 4.69) is 5.32 Å². The van der Waals surface area contributed by atoms with Gasteiger partial charge in [-0.3, -0.25) is 4.79 Å².